The third-order valence-corrected chi connectivity index (χ3v) is 3.48. The maximum absolute atomic E-state index is 12.2. The predicted octanol–water partition coefficient (Wildman–Crippen LogP) is -0.911. The van der Waals surface area contributed by atoms with Gasteiger partial charge in [0.1, 0.15) is 0 Å². The highest BCUT2D eigenvalue weighted by molar-refractivity contribution is 5.77. The van der Waals surface area contributed by atoms with E-state index in [1.165, 1.54) is 7.05 Å². The first-order valence-electron chi connectivity index (χ1n) is 8.14. The average molecular weight is 405 g/mol. The minimum Gasteiger partial charge on any atom is -0.467 e. The van der Waals surface area contributed by atoms with Crippen LogP contribution in [0.2, 0.25) is 0 Å². The number of esters is 4. The van der Waals surface area contributed by atoms with Crippen LogP contribution in [-0.4, -0.2) is 79.7 Å². The molecule has 12 heteroatoms. The third-order valence-electron chi connectivity index (χ3n) is 3.48. The third kappa shape index (κ3) is 6.16. The number of carbonyl (C=O) groups excluding carboxylic acids is 5. The quantitative estimate of drug-likeness (QED) is 0.306. The first kappa shape index (κ1) is 23.3. The van der Waals surface area contributed by atoms with Gasteiger partial charge in [0.05, 0.1) is 7.11 Å². The minimum absolute atomic E-state index is 0.728. The Morgan fingerprint density at radius 3 is 1.64 bits per heavy atom. The van der Waals surface area contributed by atoms with Gasteiger partial charge in [-0.3, -0.25) is 19.2 Å². The molecule has 0 spiro atoms. The van der Waals surface area contributed by atoms with Crippen LogP contribution in [0.25, 0.3) is 0 Å². The first-order valence-corrected chi connectivity index (χ1v) is 8.14. The minimum atomic E-state index is -1.56. The molecule has 1 rings (SSSR count). The van der Waals surface area contributed by atoms with Crippen LogP contribution in [0.5, 0.6) is 0 Å². The van der Waals surface area contributed by atoms with Gasteiger partial charge in [-0.2, -0.15) is 0 Å². The summed E-state index contributed by atoms with van der Waals surface area (Å²) in [5, 5.41) is 0.881. The van der Waals surface area contributed by atoms with Crippen LogP contribution < -0.4 is 0 Å². The van der Waals surface area contributed by atoms with Gasteiger partial charge in [0.2, 0.25) is 0 Å². The van der Waals surface area contributed by atoms with E-state index >= 15 is 0 Å². The summed E-state index contributed by atoms with van der Waals surface area (Å²) in [6.07, 6.45) is -7.29. The van der Waals surface area contributed by atoms with Crippen molar-refractivity contribution in [3.05, 3.63) is 0 Å². The van der Waals surface area contributed by atoms with Gasteiger partial charge in [0.15, 0.2) is 30.6 Å². The van der Waals surface area contributed by atoms with Gasteiger partial charge in [-0.05, 0) is 0 Å². The Bertz CT molecular complexity index is 634. The number of hydrogen-bond acceptors (Lipinski definition) is 12. The second-order valence-electron chi connectivity index (χ2n) is 5.82. The van der Waals surface area contributed by atoms with Crippen LogP contribution in [-0.2, 0) is 52.5 Å². The zero-order chi connectivity index (χ0) is 21.6. The maximum Gasteiger partial charge on any atom is 0.339 e. The number of likely N-dealkylation sites (N-methyl/N-ethyl adjacent to an activating group) is 1. The van der Waals surface area contributed by atoms with Gasteiger partial charge in [0, 0.05) is 34.7 Å². The molecule has 1 aliphatic heterocycles. The lowest BCUT2D eigenvalue weighted by atomic mass is 9.96. The molecule has 0 aliphatic carbocycles. The Kier molecular flexibility index (Phi) is 8.32. The molecule has 12 nitrogen and oxygen atoms in total. The Morgan fingerprint density at radius 2 is 1.21 bits per heavy atom. The molecule has 0 saturated carbocycles. The van der Waals surface area contributed by atoms with Crippen molar-refractivity contribution in [2.75, 3.05) is 14.2 Å². The van der Waals surface area contributed by atoms with E-state index in [0.29, 0.717) is 0 Å². The molecule has 0 aromatic heterocycles. The summed E-state index contributed by atoms with van der Waals surface area (Å²) in [5.41, 5.74) is 0. The number of nitrogens with zero attached hydrogens (tertiary/aromatic N) is 1. The van der Waals surface area contributed by atoms with Crippen LogP contribution in [0.3, 0.4) is 0 Å². The standard InChI is InChI=1S/C16H23NO11/c1-7(18)24-11-12(25-8(2)19)14(16(22)23-6)27-15(13(11)26-9(3)20)17(5)28-10(4)21/h11-15H,1-6H3. The van der Waals surface area contributed by atoms with Crippen molar-refractivity contribution in [3.63, 3.8) is 0 Å². The fourth-order valence-corrected chi connectivity index (χ4v) is 2.64. The Labute approximate surface area is 160 Å². The molecular formula is C16H23NO11. The molecule has 0 radical (unpaired) electrons. The largest absolute Gasteiger partial charge is 0.467 e. The molecule has 1 saturated heterocycles. The highest BCUT2D eigenvalue weighted by Gasteiger charge is 2.56. The number of carbonyl (C=O) groups is 5. The van der Waals surface area contributed by atoms with Crippen molar-refractivity contribution in [3.8, 4) is 0 Å². The van der Waals surface area contributed by atoms with E-state index in [-0.39, 0.29) is 0 Å². The molecule has 5 unspecified atom stereocenters. The average Bonchev–Trinajstić information content (AvgIpc) is 2.55. The lowest BCUT2D eigenvalue weighted by Gasteiger charge is -2.45. The first-order chi connectivity index (χ1) is 13.0. The lowest BCUT2D eigenvalue weighted by Crippen LogP contribution is -2.66. The van der Waals surface area contributed by atoms with Crippen LogP contribution in [0, 0.1) is 0 Å². The maximum atomic E-state index is 12.2. The van der Waals surface area contributed by atoms with E-state index in [4.69, 9.17) is 23.8 Å². The second kappa shape index (κ2) is 9.99. The molecule has 158 valence electrons. The Balaban J connectivity index is 3.44. The zero-order valence-electron chi connectivity index (χ0n) is 16.3. The molecule has 5 atom stereocenters. The summed E-state index contributed by atoms with van der Waals surface area (Å²) in [6.45, 7) is 4.34. The predicted molar refractivity (Wildman–Crippen MR) is 86.9 cm³/mol. The fraction of sp³-hybridized carbons (Fsp3) is 0.688. The molecule has 1 fully saturated rings. The molecule has 0 aromatic carbocycles. The summed E-state index contributed by atoms with van der Waals surface area (Å²) in [4.78, 5) is 63.1. The smallest absolute Gasteiger partial charge is 0.339 e. The van der Waals surface area contributed by atoms with Gasteiger partial charge >= 0.3 is 29.8 Å². The van der Waals surface area contributed by atoms with Gasteiger partial charge in [-0.15, -0.1) is 5.06 Å². The molecular weight excluding hydrogens is 382 g/mol. The summed E-state index contributed by atoms with van der Waals surface area (Å²) < 4.78 is 25.7. The second-order valence-corrected chi connectivity index (χ2v) is 5.82. The van der Waals surface area contributed by atoms with Gasteiger partial charge in [-0.25, -0.2) is 4.79 Å². The SMILES string of the molecule is COC(=O)C1OC(N(C)OC(C)=O)C(OC(C)=O)C(OC(C)=O)C1OC(C)=O. The van der Waals surface area contributed by atoms with Crippen LogP contribution in [0.1, 0.15) is 27.7 Å². The summed E-state index contributed by atoms with van der Waals surface area (Å²) in [6, 6.07) is 0. The molecule has 0 aromatic rings. The van der Waals surface area contributed by atoms with Crippen LogP contribution in [0.4, 0.5) is 0 Å². The highest BCUT2D eigenvalue weighted by Crippen LogP contribution is 2.31. The Hall–Kier alpha value is -2.73. The highest BCUT2D eigenvalue weighted by atomic mass is 16.8. The van der Waals surface area contributed by atoms with E-state index in [1.54, 1.807) is 0 Å². The van der Waals surface area contributed by atoms with Gasteiger partial charge in [0.25, 0.3) is 0 Å². The van der Waals surface area contributed by atoms with Crippen molar-refractivity contribution in [2.45, 2.75) is 58.3 Å². The molecule has 28 heavy (non-hydrogen) atoms. The molecule has 0 N–H and O–H groups in total. The van der Waals surface area contributed by atoms with E-state index in [0.717, 1.165) is 39.9 Å². The van der Waals surface area contributed by atoms with Crippen molar-refractivity contribution in [2.24, 2.45) is 0 Å². The lowest BCUT2D eigenvalue weighted by molar-refractivity contribution is -0.314. The Morgan fingerprint density at radius 1 is 0.750 bits per heavy atom. The van der Waals surface area contributed by atoms with E-state index in [9.17, 15) is 24.0 Å². The van der Waals surface area contributed by atoms with Crippen LogP contribution >= 0.6 is 0 Å². The number of hydroxylamine groups is 2. The molecule has 1 heterocycles. The van der Waals surface area contributed by atoms with Gasteiger partial charge in [-0.1, -0.05) is 0 Å². The summed E-state index contributed by atoms with van der Waals surface area (Å²) in [5.74, 6) is -4.09. The molecule has 1 aliphatic rings. The zero-order valence-corrected chi connectivity index (χ0v) is 16.3. The number of ether oxygens (including phenoxy) is 5. The van der Waals surface area contributed by atoms with Gasteiger partial charge < -0.3 is 28.5 Å². The molecule has 0 bridgehead atoms. The van der Waals surface area contributed by atoms with Crippen molar-refractivity contribution in [1.29, 1.82) is 0 Å². The van der Waals surface area contributed by atoms with E-state index in [2.05, 4.69) is 4.74 Å². The summed E-state index contributed by atoms with van der Waals surface area (Å²) in [7, 11) is 2.34. The number of hydrogen-bond donors (Lipinski definition) is 0. The summed E-state index contributed by atoms with van der Waals surface area (Å²) >= 11 is 0. The van der Waals surface area contributed by atoms with E-state index < -0.39 is 60.5 Å². The van der Waals surface area contributed by atoms with Crippen LogP contribution in [0.15, 0.2) is 0 Å². The normalized spacial score (nSPS) is 26.8. The number of rotatable bonds is 6. The van der Waals surface area contributed by atoms with Crippen molar-refractivity contribution >= 4 is 29.8 Å². The monoisotopic (exact) mass is 405 g/mol. The number of methoxy groups -OCH3 is 1. The van der Waals surface area contributed by atoms with Crippen molar-refractivity contribution < 1.29 is 52.5 Å². The topological polar surface area (TPSA) is 144 Å². The molecule has 0 amide bonds. The van der Waals surface area contributed by atoms with E-state index in [1.807, 2.05) is 0 Å². The fourth-order valence-electron chi connectivity index (χ4n) is 2.64. The van der Waals surface area contributed by atoms with Crippen molar-refractivity contribution in [1.82, 2.24) is 5.06 Å².